The molecule has 0 aliphatic heterocycles. The molecule has 0 saturated carbocycles. The first-order valence-corrected chi connectivity index (χ1v) is 5.39. The van der Waals surface area contributed by atoms with E-state index in [9.17, 15) is 4.79 Å². The molecule has 1 aromatic carbocycles. The number of rotatable bonds is 4. The second kappa shape index (κ2) is 4.97. The van der Waals surface area contributed by atoms with Gasteiger partial charge in [-0.3, -0.25) is 4.79 Å². The minimum Gasteiger partial charge on any atom is -0.455 e. The molecule has 1 heterocycles. The molecule has 0 fully saturated rings. The van der Waals surface area contributed by atoms with Crippen molar-refractivity contribution in [3.05, 3.63) is 59.0 Å². The number of methoxy groups -OCH3 is 1. The number of carbonyl (C=O) groups excluding carboxylic acids is 1. The first-order chi connectivity index (χ1) is 8.20. The normalized spacial score (nSPS) is 10.5. The zero-order chi connectivity index (χ0) is 12.3. The van der Waals surface area contributed by atoms with E-state index < -0.39 is 0 Å². The molecule has 0 radical (unpaired) electrons. The van der Waals surface area contributed by atoms with E-state index in [1.54, 1.807) is 31.4 Å². The van der Waals surface area contributed by atoms with Crippen LogP contribution in [0.5, 0.6) is 0 Å². The van der Waals surface area contributed by atoms with Crippen LogP contribution in [0.1, 0.15) is 27.4 Å². The van der Waals surface area contributed by atoms with Gasteiger partial charge in [0.25, 0.3) is 0 Å². The third-order valence-corrected chi connectivity index (χ3v) is 2.49. The standard InChI is InChI=1S/C14H14O3/c1-10-3-5-11(6-4-10)14(15)13-8-7-12(17-13)9-16-2/h3-8H,9H2,1-2H3. The van der Waals surface area contributed by atoms with Crippen molar-refractivity contribution in [1.82, 2.24) is 0 Å². The average molecular weight is 230 g/mol. The van der Waals surface area contributed by atoms with Crippen molar-refractivity contribution >= 4 is 5.78 Å². The molecule has 0 bridgehead atoms. The van der Waals surface area contributed by atoms with Crippen molar-refractivity contribution < 1.29 is 13.9 Å². The Morgan fingerprint density at radius 3 is 2.53 bits per heavy atom. The fraction of sp³-hybridized carbons (Fsp3) is 0.214. The van der Waals surface area contributed by atoms with Crippen LogP contribution in [-0.4, -0.2) is 12.9 Å². The molecule has 0 amide bonds. The number of aryl methyl sites for hydroxylation is 1. The summed E-state index contributed by atoms with van der Waals surface area (Å²) in [7, 11) is 1.59. The molecule has 3 heteroatoms. The number of ketones is 1. The lowest BCUT2D eigenvalue weighted by molar-refractivity contribution is 0.1000. The predicted octanol–water partition coefficient (Wildman–Crippen LogP) is 2.97. The van der Waals surface area contributed by atoms with Crippen LogP contribution in [0, 0.1) is 6.92 Å². The van der Waals surface area contributed by atoms with Crippen molar-refractivity contribution in [2.45, 2.75) is 13.5 Å². The Hall–Kier alpha value is -1.87. The molecule has 1 aromatic heterocycles. The van der Waals surface area contributed by atoms with Gasteiger partial charge < -0.3 is 9.15 Å². The summed E-state index contributed by atoms with van der Waals surface area (Å²) in [6.07, 6.45) is 0. The molecular formula is C14H14O3. The molecule has 17 heavy (non-hydrogen) atoms. The van der Waals surface area contributed by atoms with Gasteiger partial charge in [-0.2, -0.15) is 0 Å². The van der Waals surface area contributed by atoms with E-state index in [1.165, 1.54) is 0 Å². The van der Waals surface area contributed by atoms with Gasteiger partial charge in [-0.15, -0.1) is 0 Å². The number of ether oxygens (including phenoxy) is 1. The first-order valence-electron chi connectivity index (χ1n) is 5.39. The van der Waals surface area contributed by atoms with Gasteiger partial charge in [-0.05, 0) is 19.1 Å². The van der Waals surface area contributed by atoms with E-state index in [4.69, 9.17) is 9.15 Å². The van der Waals surface area contributed by atoms with Crippen LogP contribution in [0.25, 0.3) is 0 Å². The lowest BCUT2D eigenvalue weighted by Crippen LogP contribution is -1.99. The largest absolute Gasteiger partial charge is 0.455 e. The molecule has 88 valence electrons. The molecule has 0 aliphatic rings. The highest BCUT2D eigenvalue weighted by atomic mass is 16.5. The van der Waals surface area contributed by atoms with Crippen LogP contribution >= 0.6 is 0 Å². The fourth-order valence-electron chi connectivity index (χ4n) is 1.57. The lowest BCUT2D eigenvalue weighted by atomic mass is 10.1. The monoisotopic (exact) mass is 230 g/mol. The number of hydrogen-bond acceptors (Lipinski definition) is 3. The van der Waals surface area contributed by atoms with E-state index in [0.717, 1.165) is 5.56 Å². The van der Waals surface area contributed by atoms with Crippen molar-refractivity contribution in [3.63, 3.8) is 0 Å². The molecule has 0 unspecified atom stereocenters. The van der Waals surface area contributed by atoms with E-state index in [-0.39, 0.29) is 5.78 Å². The molecule has 3 nitrogen and oxygen atoms in total. The quantitative estimate of drug-likeness (QED) is 0.758. The average Bonchev–Trinajstić information content (AvgIpc) is 2.78. The van der Waals surface area contributed by atoms with Gasteiger partial charge >= 0.3 is 0 Å². The molecule has 0 N–H and O–H groups in total. The number of carbonyl (C=O) groups is 1. The Morgan fingerprint density at radius 1 is 1.18 bits per heavy atom. The molecule has 2 aromatic rings. The summed E-state index contributed by atoms with van der Waals surface area (Å²) >= 11 is 0. The second-order valence-electron chi connectivity index (χ2n) is 3.89. The van der Waals surface area contributed by atoms with Crippen molar-refractivity contribution in [3.8, 4) is 0 Å². The van der Waals surface area contributed by atoms with Crippen LogP contribution in [0.2, 0.25) is 0 Å². The third-order valence-electron chi connectivity index (χ3n) is 2.49. The topological polar surface area (TPSA) is 39.4 Å². The van der Waals surface area contributed by atoms with Crippen LogP contribution in [0.3, 0.4) is 0 Å². The maximum absolute atomic E-state index is 12.0. The Balaban J connectivity index is 2.21. The van der Waals surface area contributed by atoms with Crippen LogP contribution in [0.4, 0.5) is 0 Å². The van der Waals surface area contributed by atoms with Gasteiger partial charge in [-0.1, -0.05) is 29.8 Å². The maximum atomic E-state index is 12.0. The smallest absolute Gasteiger partial charge is 0.228 e. The summed E-state index contributed by atoms with van der Waals surface area (Å²) in [5.41, 5.74) is 1.76. The number of benzene rings is 1. The minimum atomic E-state index is -0.104. The Kier molecular flexibility index (Phi) is 3.40. The molecule has 0 saturated heterocycles. The number of hydrogen-bond donors (Lipinski definition) is 0. The summed E-state index contributed by atoms with van der Waals surface area (Å²) in [6.45, 7) is 2.36. The van der Waals surface area contributed by atoms with Gasteiger partial charge in [0, 0.05) is 12.7 Å². The van der Waals surface area contributed by atoms with Crippen LogP contribution in [0.15, 0.2) is 40.8 Å². The molecule has 0 atom stereocenters. The highest BCUT2D eigenvalue weighted by Crippen LogP contribution is 2.14. The van der Waals surface area contributed by atoms with E-state index >= 15 is 0 Å². The second-order valence-corrected chi connectivity index (χ2v) is 3.89. The van der Waals surface area contributed by atoms with Crippen molar-refractivity contribution in [2.75, 3.05) is 7.11 Å². The van der Waals surface area contributed by atoms with Crippen LogP contribution in [-0.2, 0) is 11.3 Å². The Morgan fingerprint density at radius 2 is 1.88 bits per heavy atom. The van der Waals surface area contributed by atoms with E-state index in [2.05, 4.69) is 0 Å². The van der Waals surface area contributed by atoms with E-state index in [0.29, 0.717) is 23.7 Å². The maximum Gasteiger partial charge on any atom is 0.228 e. The Labute approximate surface area is 100 Å². The zero-order valence-corrected chi connectivity index (χ0v) is 9.90. The fourth-order valence-corrected chi connectivity index (χ4v) is 1.57. The predicted molar refractivity (Wildman–Crippen MR) is 64.0 cm³/mol. The molecule has 0 spiro atoms. The summed E-state index contributed by atoms with van der Waals surface area (Å²) in [4.78, 5) is 12.0. The van der Waals surface area contributed by atoms with Gasteiger partial charge in [0.2, 0.25) is 5.78 Å². The van der Waals surface area contributed by atoms with Gasteiger partial charge in [-0.25, -0.2) is 0 Å². The summed E-state index contributed by atoms with van der Waals surface area (Å²) in [5, 5.41) is 0. The zero-order valence-electron chi connectivity index (χ0n) is 9.90. The van der Waals surface area contributed by atoms with Crippen molar-refractivity contribution in [2.24, 2.45) is 0 Å². The van der Waals surface area contributed by atoms with Gasteiger partial charge in [0.15, 0.2) is 5.76 Å². The minimum absolute atomic E-state index is 0.104. The first kappa shape index (κ1) is 11.6. The number of furan rings is 1. The summed E-state index contributed by atoms with van der Waals surface area (Å²) in [5.74, 6) is 0.899. The molecule has 2 rings (SSSR count). The lowest BCUT2D eigenvalue weighted by Gasteiger charge is -1.98. The van der Waals surface area contributed by atoms with E-state index in [1.807, 2.05) is 19.1 Å². The molecular weight excluding hydrogens is 216 g/mol. The Bertz CT molecular complexity index is 509. The summed E-state index contributed by atoms with van der Waals surface area (Å²) < 4.78 is 10.3. The van der Waals surface area contributed by atoms with Crippen LogP contribution < -0.4 is 0 Å². The summed E-state index contributed by atoms with van der Waals surface area (Å²) in [6, 6.07) is 10.9. The van der Waals surface area contributed by atoms with Gasteiger partial charge in [0.1, 0.15) is 12.4 Å². The third kappa shape index (κ3) is 2.63. The SMILES string of the molecule is COCc1ccc(C(=O)c2ccc(C)cc2)o1. The van der Waals surface area contributed by atoms with Crippen molar-refractivity contribution in [1.29, 1.82) is 0 Å². The highest BCUT2D eigenvalue weighted by molar-refractivity contribution is 6.07. The highest BCUT2D eigenvalue weighted by Gasteiger charge is 2.13. The molecule has 0 aliphatic carbocycles. The van der Waals surface area contributed by atoms with Gasteiger partial charge in [0.05, 0.1) is 0 Å².